The zero-order chi connectivity index (χ0) is 13.0. The van der Waals surface area contributed by atoms with Gasteiger partial charge in [-0.05, 0) is 26.0 Å². The summed E-state index contributed by atoms with van der Waals surface area (Å²) in [5.41, 5.74) is 1.61. The van der Waals surface area contributed by atoms with Crippen LogP contribution in [0.2, 0.25) is 0 Å². The van der Waals surface area contributed by atoms with Crippen molar-refractivity contribution in [1.29, 1.82) is 0 Å². The highest BCUT2D eigenvalue weighted by Crippen LogP contribution is 2.05. The van der Waals surface area contributed by atoms with Gasteiger partial charge in [0.15, 0.2) is 6.39 Å². The zero-order valence-corrected chi connectivity index (χ0v) is 10.2. The van der Waals surface area contributed by atoms with Crippen molar-refractivity contribution in [1.82, 2.24) is 15.3 Å². The minimum atomic E-state index is -0.330. The van der Waals surface area contributed by atoms with E-state index in [0.717, 1.165) is 11.4 Å². The Hall–Kier alpha value is -2.37. The Bertz CT molecular complexity index is 551. The number of nitrogens with zero attached hydrogens (tertiary/aromatic N) is 2. The van der Waals surface area contributed by atoms with Crippen LogP contribution < -0.4 is 10.6 Å². The molecule has 0 aliphatic heterocycles. The molecule has 0 atom stereocenters. The highest BCUT2D eigenvalue weighted by atomic mass is 16.3. The summed E-state index contributed by atoms with van der Waals surface area (Å²) in [7, 11) is 0. The average molecular weight is 246 g/mol. The van der Waals surface area contributed by atoms with E-state index in [-0.39, 0.29) is 6.03 Å². The number of pyridine rings is 1. The first-order valence-corrected chi connectivity index (χ1v) is 5.52. The number of hydrogen-bond acceptors (Lipinski definition) is 4. The molecule has 6 heteroatoms. The summed E-state index contributed by atoms with van der Waals surface area (Å²) in [4.78, 5) is 19.7. The molecule has 0 bridgehead atoms. The molecule has 2 aromatic heterocycles. The molecule has 18 heavy (non-hydrogen) atoms. The lowest BCUT2D eigenvalue weighted by molar-refractivity contribution is 0.250. The topological polar surface area (TPSA) is 80.0 Å². The zero-order valence-electron chi connectivity index (χ0n) is 10.2. The predicted octanol–water partition coefficient (Wildman–Crippen LogP) is 2.01. The Morgan fingerprint density at radius 3 is 2.89 bits per heavy atom. The molecular weight excluding hydrogens is 232 g/mol. The lowest BCUT2D eigenvalue weighted by atomic mass is 10.3. The fraction of sp³-hybridized carbons (Fsp3) is 0.250. The van der Waals surface area contributed by atoms with Gasteiger partial charge in [-0.25, -0.2) is 14.8 Å². The summed E-state index contributed by atoms with van der Waals surface area (Å²) in [6.45, 7) is 3.98. The molecule has 0 aromatic carbocycles. The second-order valence-corrected chi connectivity index (χ2v) is 3.83. The second-order valence-electron chi connectivity index (χ2n) is 3.83. The van der Waals surface area contributed by atoms with E-state index >= 15 is 0 Å². The Morgan fingerprint density at radius 1 is 1.39 bits per heavy atom. The maximum atomic E-state index is 11.6. The quantitative estimate of drug-likeness (QED) is 0.868. The van der Waals surface area contributed by atoms with Crippen molar-refractivity contribution < 1.29 is 9.21 Å². The molecule has 0 unspecified atom stereocenters. The monoisotopic (exact) mass is 246 g/mol. The highest BCUT2D eigenvalue weighted by molar-refractivity contribution is 5.88. The van der Waals surface area contributed by atoms with E-state index in [4.69, 9.17) is 4.42 Å². The largest absolute Gasteiger partial charge is 0.446 e. The Balaban J connectivity index is 1.88. The molecule has 0 aliphatic rings. The molecule has 0 aliphatic carbocycles. The number of urea groups is 1. The minimum absolute atomic E-state index is 0.295. The number of oxazole rings is 1. The number of amides is 2. The van der Waals surface area contributed by atoms with Gasteiger partial charge >= 0.3 is 6.03 Å². The van der Waals surface area contributed by atoms with Crippen molar-refractivity contribution in [2.75, 3.05) is 5.32 Å². The van der Waals surface area contributed by atoms with Crippen LogP contribution in [0.5, 0.6) is 0 Å². The van der Waals surface area contributed by atoms with Crippen LogP contribution in [0, 0.1) is 13.8 Å². The first-order chi connectivity index (χ1) is 8.65. The van der Waals surface area contributed by atoms with Crippen molar-refractivity contribution in [3.05, 3.63) is 41.7 Å². The number of carbonyl (C=O) groups is 1. The maximum absolute atomic E-state index is 11.6. The van der Waals surface area contributed by atoms with Crippen LogP contribution in [0.15, 0.2) is 29.0 Å². The van der Waals surface area contributed by atoms with Gasteiger partial charge in [0.25, 0.3) is 0 Å². The van der Waals surface area contributed by atoms with Gasteiger partial charge in [-0.3, -0.25) is 5.32 Å². The van der Waals surface area contributed by atoms with Gasteiger partial charge in [0.1, 0.15) is 11.6 Å². The smallest absolute Gasteiger partial charge is 0.320 e. The lowest BCUT2D eigenvalue weighted by Gasteiger charge is -2.06. The molecule has 0 spiro atoms. The van der Waals surface area contributed by atoms with Gasteiger partial charge in [-0.2, -0.15) is 0 Å². The van der Waals surface area contributed by atoms with Crippen LogP contribution >= 0.6 is 0 Å². The molecule has 2 N–H and O–H groups in total. The molecule has 6 nitrogen and oxygen atoms in total. The standard InChI is InChI=1S/C12H14N4O2/c1-8-4-3-5-11(15-8)16-12(17)13-6-10-9(2)14-7-18-10/h3-5,7H,6H2,1-2H3,(H2,13,15,16,17). The van der Waals surface area contributed by atoms with E-state index in [2.05, 4.69) is 20.6 Å². The number of anilines is 1. The molecular formula is C12H14N4O2. The van der Waals surface area contributed by atoms with Gasteiger partial charge in [0.2, 0.25) is 0 Å². The number of aromatic nitrogens is 2. The minimum Gasteiger partial charge on any atom is -0.446 e. The average Bonchev–Trinajstić information content (AvgIpc) is 2.72. The second kappa shape index (κ2) is 5.31. The maximum Gasteiger partial charge on any atom is 0.320 e. The van der Waals surface area contributed by atoms with E-state index in [9.17, 15) is 4.79 Å². The molecule has 2 heterocycles. The van der Waals surface area contributed by atoms with Crippen molar-refractivity contribution in [2.24, 2.45) is 0 Å². The summed E-state index contributed by atoms with van der Waals surface area (Å²) < 4.78 is 5.11. The van der Waals surface area contributed by atoms with Crippen molar-refractivity contribution in [2.45, 2.75) is 20.4 Å². The fourth-order valence-corrected chi connectivity index (χ4v) is 1.43. The molecule has 2 rings (SSSR count). The van der Waals surface area contributed by atoms with Crippen molar-refractivity contribution >= 4 is 11.8 Å². The summed E-state index contributed by atoms with van der Waals surface area (Å²) >= 11 is 0. The molecule has 0 saturated heterocycles. The first kappa shape index (κ1) is 12.1. The predicted molar refractivity (Wildman–Crippen MR) is 66.1 cm³/mol. The van der Waals surface area contributed by atoms with Crippen LogP contribution in [0.25, 0.3) is 0 Å². The number of nitrogens with one attached hydrogen (secondary N) is 2. The van der Waals surface area contributed by atoms with Gasteiger partial charge in [0, 0.05) is 5.69 Å². The van der Waals surface area contributed by atoms with Crippen molar-refractivity contribution in [3.8, 4) is 0 Å². The van der Waals surface area contributed by atoms with E-state index in [1.54, 1.807) is 6.07 Å². The lowest BCUT2D eigenvalue weighted by Crippen LogP contribution is -2.28. The fourth-order valence-electron chi connectivity index (χ4n) is 1.43. The molecule has 0 fully saturated rings. The van der Waals surface area contributed by atoms with E-state index in [0.29, 0.717) is 18.1 Å². The van der Waals surface area contributed by atoms with Crippen molar-refractivity contribution in [3.63, 3.8) is 0 Å². The molecule has 0 saturated carbocycles. The molecule has 2 amide bonds. The van der Waals surface area contributed by atoms with Gasteiger partial charge < -0.3 is 9.73 Å². The SMILES string of the molecule is Cc1cccc(NC(=O)NCc2ocnc2C)n1. The molecule has 2 aromatic rings. The van der Waals surface area contributed by atoms with Crippen LogP contribution in [-0.4, -0.2) is 16.0 Å². The van der Waals surface area contributed by atoms with Crippen LogP contribution in [0.3, 0.4) is 0 Å². The Kier molecular flexibility index (Phi) is 3.57. The van der Waals surface area contributed by atoms with E-state index in [1.807, 2.05) is 26.0 Å². The molecule has 0 radical (unpaired) electrons. The van der Waals surface area contributed by atoms with Gasteiger partial charge in [-0.15, -0.1) is 0 Å². The number of carbonyl (C=O) groups excluding carboxylic acids is 1. The third-order valence-electron chi connectivity index (χ3n) is 2.38. The number of aryl methyl sites for hydroxylation is 2. The van der Waals surface area contributed by atoms with Crippen LogP contribution in [-0.2, 0) is 6.54 Å². The van der Waals surface area contributed by atoms with Crippen LogP contribution in [0.4, 0.5) is 10.6 Å². The summed E-state index contributed by atoms with van der Waals surface area (Å²) in [6.07, 6.45) is 1.35. The van der Waals surface area contributed by atoms with Gasteiger partial charge in [-0.1, -0.05) is 6.07 Å². The van der Waals surface area contributed by atoms with E-state index in [1.165, 1.54) is 6.39 Å². The van der Waals surface area contributed by atoms with E-state index < -0.39 is 0 Å². The third kappa shape index (κ3) is 3.07. The highest BCUT2D eigenvalue weighted by Gasteiger charge is 2.06. The Morgan fingerprint density at radius 2 is 2.22 bits per heavy atom. The Labute approximate surface area is 104 Å². The first-order valence-electron chi connectivity index (χ1n) is 5.52. The third-order valence-corrected chi connectivity index (χ3v) is 2.38. The van der Waals surface area contributed by atoms with Crippen LogP contribution in [0.1, 0.15) is 17.1 Å². The number of hydrogen-bond donors (Lipinski definition) is 2. The normalized spacial score (nSPS) is 10.1. The number of rotatable bonds is 3. The summed E-state index contributed by atoms with van der Waals surface area (Å²) in [5, 5.41) is 5.31. The summed E-state index contributed by atoms with van der Waals surface area (Å²) in [5.74, 6) is 1.16. The summed E-state index contributed by atoms with van der Waals surface area (Å²) in [6, 6.07) is 5.09. The van der Waals surface area contributed by atoms with Gasteiger partial charge in [0.05, 0.1) is 12.2 Å². The molecule has 94 valence electrons.